The van der Waals surface area contributed by atoms with Crippen LogP contribution in [0.15, 0.2) is 52.1 Å². The first-order chi connectivity index (χ1) is 13.9. The summed E-state index contributed by atoms with van der Waals surface area (Å²) in [5, 5.41) is 11.8. The number of ether oxygens (including phenoxy) is 1. The fourth-order valence-electron chi connectivity index (χ4n) is 2.69. The molecule has 152 valence electrons. The molecule has 0 aliphatic carbocycles. The number of benzene rings is 2. The number of anilines is 1. The predicted molar refractivity (Wildman–Crippen MR) is 116 cm³/mol. The van der Waals surface area contributed by atoms with Crippen molar-refractivity contribution in [1.82, 2.24) is 14.8 Å². The van der Waals surface area contributed by atoms with E-state index < -0.39 is 5.82 Å². The van der Waals surface area contributed by atoms with E-state index in [2.05, 4.69) is 31.4 Å². The lowest BCUT2D eigenvalue weighted by Gasteiger charge is -2.14. The molecule has 1 amide bonds. The van der Waals surface area contributed by atoms with Gasteiger partial charge in [-0.2, -0.15) is 0 Å². The highest BCUT2D eigenvalue weighted by molar-refractivity contribution is 9.10. The zero-order chi connectivity index (χ0) is 21.0. The van der Waals surface area contributed by atoms with Crippen molar-refractivity contribution in [2.75, 3.05) is 18.2 Å². The second-order valence-corrected chi connectivity index (χ2v) is 8.32. The van der Waals surface area contributed by atoms with Crippen LogP contribution >= 0.6 is 27.7 Å². The number of aromatic nitrogens is 3. The number of nitrogens with one attached hydrogen (secondary N) is 1. The largest absolute Gasteiger partial charge is 0.497 e. The molecule has 0 atom stereocenters. The minimum absolute atomic E-state index is 0.0863. The molecule has 3 rings (SSSR count). The molecule has 0 unspecified atom stereocenters. The second kappa shape index (κ2) is 9.41. The minimum atomic E-state index is -0.495. The maximum atomic E-state index is 13.9. The standard InChI is InChI=1S/C20H20BrFN4O2S/c1-12(2)26-19(13-4-7-15(28-3)8-5-13)24-25-20(26)29-11-18(27)23-17-9-6-14(21)10-16(17)22/h4-10,12H,11H2,1-3H3,(H,23,27). The smallest absolute Gasteiger partial charge is 0.234 e. The Bertz CT molecular complexity index is 1010. The summed E-state index contributed by atoms with van der Waals surface area (Å²) in [7, 11) is 1.62. The van der Waals surface area contributed by atoms with E-state index in [1.165, 1.54) is 23.9 Å². The fourth-order valence-corrected chi connectivity index (χ4v) is 3.89. The Labute approximate surface area is 181 Å². The number of rotatable bonds is 7. The molecule has 3 aromatic rings. The SMILES string of the molecule is COc1ccc(-c2nnc(SCC(=O)Nc3ccc(Br)cc3F)n2C(C)C)cc1. The van der Waals surface area contributed by atoms with Gasteiger partial charge in [0, 0.05) is 16.1 Å². The molecule has 0 fully saturated rings. The highest BCUT2D eigenvalue weighted by Gasteiger charge is 2.18. The Balaban J connectivity index is 1.73. The van der Waals surface area contributed by atoms with Crippen molar-refractivity contribution < 1.29 is 13.9 Å². The third-order valence-electron chi connectivity index (χ3n) is 4.07. The van der Waals surface area contributed by atoms with E-state index in [0.717, 1.165) is 11.3 Å². The molecule has 1 N–H and O–H groups in total. The lowest BCUT2D eigenvalue weighted by Crippen LogP contribution is -2.16. The van der Waals surface area contributed by atoms with Crippen LogP contribution in [-0.4, -0.2) is 33.5 Å². The topological polar surface area (TPSA) is 69.0 Å². The predicted octanol–water partition coefficient (Wildman–Crippen LogP) is 5.17. The van der Waals surface area contributed by atoms with Crippen LogP contribution in [0.4, 0.5) is 10.1 Å². The molecule has 9 heteroatoms. The summed E-state index contributed by atoms with van der Waals surface area (Å²) in [6, 6.07) is 12.1. The van der Waals surface area contributed by atoms with E-state index in [1.54, 1.807) is 13.2 Å². The number of amides is 1. The summed E-state index contributed by atoms with van der Waals surface area (Å²) < 4.78 is 21.7. The molecule has 0 aliphatic heterocycles. The molecule has 0 bridgehead atoms. The zero-order valence-electron chi connectivity index (χ0n) is 16.1. The van der Waals surface area contributed by atoms with E-state index in [0.29, 0.717) is 15.5 Å². The Morgan fingerprint density at radius 1 is 1.24 bits per heavy atom. The number of carbonyl (C=O) groups is 1. The number of methoxy groups -OCH3 is 1. The van der Waals surface area contributed by atoms with Gasteiger partial charge in [-0.15, -0.1) is 10.2 Å². The molecule has 0 spiro atoms. The zero-order valence-corrected chi connectivity index (χ0v) is 18.6. The van der Waals surface area contributed by atoms with E-state index >= 15 is 0 Å². The number of carbonyl (C=O) groups excluding carboxylic acids is 1. The van der Waals surface area contributed by atoms with Crippen molar-refractivity contribution in [1.29, 1.82) is 0 Å². The van der Waals surface area contributed by atoms with Gasteiger partial charge in [-0.25, -0.2) is 4.39 Å². The maximum Gasteiger partial charge on any atom is 0.234 e. The summed E-state index contributed by atoms with van der Waals surface area (Å²) in [6.07, 6.45) is 0. The van der Waals surface area contributed by atoms with Gasteiger partial charge in [0.1, 0.15) is 11.6 Å². The summed E-state index contributed by atoms with van der Waals surface area (Å²) in [5.74, 6) is 0.744. The normalized spacial score (nSPS) is 11.0. The molecular formula is C20H20BrFN4O2S. The van der Waals surface area contributed by atoms with E-state index in [9.17, 15) is 9.18 Å². The second-order valence-electron chi connectivity index (χ2n) is 6.46. The average molecular weight is 479 g/mol. The van der Waals surface area contributed by atoms with Crippen LogP contribution in [-0.2, 0) is 4.79 Å². The molecule has 1 heterocycles. The van der Waals surface area contributed by atoms with Crippen LogP contribution in [0.25, 0.3) is 11.4 Å². The van der Waals surface area contributed by atoms with E-state index in [1.807, 2.05) is 42.7 Å². The molecule has 1 aromatic heterocycles. The van der Waals surface area contributed by atoms with Gasteiger partial charge in [0.25, 0.3) is 0 Å². The Kier molecular flexibility index (Phi) is 6.92. The molecule has 2 aromatic carbocycles. The lowest BCUT2D eigenvalue weighted by atomic mass is 10.2. The van der Waals surface area contributed by atoms with Crippen LogP contribution < -0.4 is 10.1 Å². The first-order valence-corrected chi connectivity index (χ1v) is 10.6. The van der Waals surface area contributed by atoms with Crippen molar-refractivity contribution in [3.63, 3.8) is 0 Å². The van der Waals surface area contributed by atoms with E-state index in [-0.39, 0.29) is 23.4 Å². The fraction of sp³-hybridized carbons (Fsp3) is 0.250. The van der Waals surface area contributed by atoms with Crippen LogP contribution in [0.3, 0.4) is 0 Å². The summed E-state index contributed by atoms with van der Waals surface area (Å²) >= 11 is 4.45. The van der Waals surface area contributed by atoms with Crippen molar-refractivity contribution in [3.8, 4) is 17.1 Å². The van der Waals surface area contributed by atoms with Crippen LogP contribution in [0, 0.1) is 5.82 Å². The minimum Gasteiger partial charge on any atom is -0.497 e. The van der Waals surface area contributed by atoms with Gasteiger partial charge >= 0.3 is 0 Å². The van der Waals surface area contributed by atoms with Crippen molar-refractivity contribution in [3.05, 3.63) is 52.8 Å². The van der Waals surface area contributed by atoms with Gasteiger partial charge in [0.15, 0.2) is 11.0 Å². The number of thioether (sulfide) groups is 1. The van der Waals surface area contributed by atoms with Crippen molar-refractivity contribution >= 4 is 39.3 Å². The van der Waals surface area contributed by atoms with Gasteiger partial charge < -0.3 is 10.1 Å². The molecule has 6 nitrogen and oxygen atoms in total. The highest BCUT2D eigenvalue weighted by Crippen LogP contribution is 2.29. The highest BCUT2D eigenvalue weighted by atomic mass is 79.9. The quantitative estimate of drug-likeness (QED) is 0.474. The first-order valence-electron chi connectivity index (χ1n) is 8.86. The maximum absolute atomic E-state index is 13.9. The van der Waals surface area contributed by atoms with Gasteiger partial charge in [-0.05, 0) is 56.3 Å². The van der Waals surface area contributed by atoms with Gasteiger partial charge in [0.2, 0.25) is 5.91 Å². The van der Waals surface area contributed by atoms with Gasteiger partial charge in [0.05, 0.1) is 18.6 Å². The number of hydrogen-bond donors (Lipinski definition) is 1. The molecule has 0 saturated heterocycles. The monoisotopic (exact) mass is 478 g/mol. The van der Waals surface area contributed by atoms with Gasteiger partial charge in [-0.3, -0.25) is 9.36 Å². The van der Waals surface area contributed by atoms with Crippen LogP contribution in [0.5, 0.6) is 5.75 Å². The number of nitrogens with zero attached hydrogens (tertiary/aromatic N) is 3. The van der Waals surface area contributed by atoms with E-state index in [4.69, 9.17) is 4.74 Å². The Morgan fingerprint density at radius 2 is 1.97 bits per heavy atom. The van der Waals surface area contributed by atoms with Gasteiger partial charge in [-0.1, -0.05) is 27.7 Å². The van der Waals surface area contributed by atoms with Crippen molar-refractivity contribution in [2.24, 2.45) is 0 Å². The summed E-state index contributed by atoms with van der Waals surface area (Å²) in [5.41, 5.74) is 1.04. The van der Waals surface area contributed by atoms with Crippen LogP contribution in [0.1, 0.15) is 19.9 Å². The first kappa shape index (κ1) is 21.3. The molecular weight excluding hydrogens is 459 g/mol. The number of hydrogen-bond acceptors (Lipinski definition) is 5. The summed E-state index contributed by atoms with van der Waals surface area (Å²) in [6.45, 7) is 4.05. The average Bonchev–Trinajstić information content (AvgIpc) is 3.13. The Hall–Kier alpha value is -2.39. The summed E-state index contributed by atoms with van der Waals surface area (Å²) in [4.78, 5) is 12.3. The molecule has 29 heavy (non-hydrogen) atoms. The third-order valence-corrected chi connectivity index (χ3v) is 5.50. The molecule has 0 aliphatic rings. The number of halogens is 2. The lowest BCUT2D eigenvalue weighted by molar-refractivity contribution is -0.113. The van der Waals surface area contributed by atoms with Crippen LogP contribution in [0.2, 0.25) is 0 Å². The molecule has 0 radical (unpaired) electrons. The molecule has 0 saturated carbocycles. The van der Waals surface area contributed by atoms with Crippen molar-refractivity contribution in [2.45, 2.75) is 25.0 Å². The third kappa shape index (κ3) is 5.16. The Morgan fingerprint density at radius 3 is 2.59 bits per heavy atom.